The Balaban J connectivity index is 1.76. The van der Waals surface area contributed by atoms with Crippen LogP contribution in [0.5, 0.6) is 17.2 Å². The zero-order chi connectivity index (χ0) is 19.8. The minimum atomic E-state index is 0.00562. The van der Waals surface area contributed by atoms with E-state index in [1.165, 1.54) is 5.56 Å². The third-order valence-corrected chi connectivity index (χ3v) is 4.63. The van der Waals surface area contributed by atoms with E-state index in [1.807, 2.05) is 25.1 Å². The molecule has 0 aromatic heterocycles. The van der Waals surface area contributed by atoms with Crippen LogP contribution in [0.3, 0.4) is 0 Å². The molecule has 5 nitrogen and oxygen atoms in total. The monoisotopic (exact) mass is 371 g/mol. The van der Waals surface area contributed by atoms with Gasteiger partial charge in [-0.1, -0.05) is 18.2 Å². The van der Waals surface area contributed by atoms with Gasteiger partial charge in [0, 0.05) is 6.42 Å². The Kier molecular flexibility index (Phi) is 7.53. The van der Waals surface area contributed by atoms with Gasteiger partial charge in [-0.25, -0.2) is 0 Å². The Hall–Kier alpha value is -2.69. The molecule has 146 valence electrons. The lowest BCUT2D eigenvalue weighted by Crippen LogP contribution is -2.28. The van der Waals surface area contributed by atoms with Crippen molar-refractivity contribution in [1.82, 2.24) is 5.32 Å². The molecule has 0 spiro atoms. The number of aryl methyl sites for hydroxylation is 3. The van der Waals surface area contributed by atoms with E-state index in [2.05, 4.69) is 31.3 Å². The molecule has 0 saturated carbocycles. The topological polar surface area (TPSA) is 56.8 Å². The molecular formula is C22H29NO4. The first kappa shape index (κ1) is 20.6. The zero-order valence-electron chi connectivity index (χ0n) is 16.8. The molecule has 0 atom stereocenters. The van der Waals surface area contributed by atoms with Crippen LogP contribution in [0.1, 0.15) is 28.7 Å². The number of carbonyl (C=O) groups excluding carboxylic acids is 1. The fourth-order valence-corrected chi connectivity index (χ4v) is 2.87. The van der Waals surface area contributed by atoms with E-state index in [1.54, 1.807) is 14.2 Å². The molecule has 0 aliphatic rings. The van der Waals surface area contributed by atoms with Crippen LogP contribution in [0.2, 0.25) is 0 Å². The van der Waals surface area contributed by atoms with Crippen LogP contribution in [-0.4, -0.2) is 33.3 Å². The van der Waals surface area contributed by atoms with Gasteiger partial charge in [-0.05, 0) is 61.6 Å². The third-order valence-electron chi connectivity index (χ3n) is 4.63. The lowest BCUT2D eigenvalue weighted by Gasteiger charge is -2.14. The number of methoxy groups -OCH3 is 2. The van der Waals surface area contributed by atoms with E-state index in [0.29, 0.717) is 37.5 Å². The number of carbonyl (C=O) groups is 1. The fourth-order valence-electron chi connectivity index (χ4n) is 2.87. The summed E-state index contributed by atoms with van der Waals surface area (Å²) < 4.78 is 16.4. The number of hydrogen-bond donors (Lipinski definition) is 1. The molecule has 2 aromatic rings. The Morgan fingerprint density at radius 2 is 1.67 bits per heavy atom. The van der Waals surface area contributed by atoms with Gasteiger partial charge in [0.25, 0.3) is 0 Å². The minimum absolute atomic E-state index is 0.00562. The van der Waals surface area contributed by atoms with Gasteiger partial charge in [-0.15, -0.1) is 0 Å². The number of benzene rings is 2. The normalized spacial score (nSPS) is 10.4. The summed E-state index contributed by atoms with van der Waals surface area (Å²) in [4.78, 5) is 12.1. The Labute approximate surface area is 161 Å². The zero-order valence-corrected chi connectivity index (χ0v) is 16.8. The van der Waals surface area contributed by atoms with Crippen LogP contribution < -0.4 is 19.5 Å². The highest BCUT2D eigenvalue weighted by atomic mass is 16.5. The maximum atomic E-state index is 12.1. The van der Waals surface area contributed by atoms with Gasteiger partial charge in [-0.2, -0.15) is 0 Å². The second kappa shape index (κ2) is 9.86. The number of nitrogens with one attached hydrogen (secondary N) is 1. The van der Waals surface area contributed by atoms with E-state index in [0.717, 1.165) is 22.4 Å². The molecule has 0 aliphatic heterocycles. The molecular weight excluding hydrogens is 342 g/mol. The fraction of sp³-hybridized carbons (Fsp3) is 0.409. The first-order valence-electron chi connectivity index (χ1n) is 9.13. The SMILES string of the molecule is COc1ccc(CCC(=O)NCCOc2c(C)ccc(C)c2C)cc1OC. The third kappa shape index (κ3) is 5.64. The Morgan fingerprint density at radius 3 is 2.37 bits per heavy atom. The number of ether oxygens (including phenoxy) is 3. The van der Waals surface area contributed by atoms with Gasteiger partial charge in [-0.3, -0.25) is 4.79 Å². The van der Waals surface area contributed by atoms with Crippen molar-refractivity contribution in [3.8, 4) is 17.2 Å². The standard InChI is InChI=1S/C22H29NO4/c1-15-6-7-16(2)22(17(15)3)27-13-12-23-21(24)11-9-18-8-10-19(25-4)20(14-18)26-5/h6-8,10,14H,9,11-13H2,1-5H3,(H,23,24). The van der Waals surface area contributed by atoms with Gasteiger partial charge in [0.05, 0.1) is 20.8 Å². The number of rotatable bonds is 9. The average Bonchev–Trinajstić information content (AvgIpc) is 2.68. The van der Waals surface area contributed by atoms with Crippen molar-refractivity contribution in [2.24, 2.45) is 0 Å². The number of amides is 1. The van der Waals surface area contributed by atoms with Crippen molar-refractivity contribution in [1.29, 1.82) is 0 Å². The summed E-state index contributed by atoms with van der Waals surface area (Å²) in [5, 5.41) is 2.91. The molecule has 2 rings (SSSR count). The molecule has 0 aliphatic carbocycles. The van der Waals surface area contributed by atoms with Gasteiger partial charge in [0.1, 0.15) is 12.4 Å². The Morgan fingerprint density at radius 1 is 0.963 bits per heavy atom. The predicted octanol–water partition coefficient (Wildman–Crippen LogP) is 3.76. The van der Waals surface area contributed by atoms with Gasteiger partial charge >= 0.3 is 0 Å². The molecule has 1 N–H and O–H groups in total. The van der Waals surface area contributed by atoms with Crippen LogP contribution in [0.4, 0.5) is 0 Å². The maximum Gasteiger partial charge on any atom is 0.220 e. The second-order valence-electron chi connectivity index (χ2n) is 6.54. The predicted molar refractivity (Wildman–Crippen MR) is 107 cm³/mol. The van der Waals surface area contributed by atoms with Crippen molar-refractivity contribution in [3.63, 3.8) is 0 Å². The highest BCUT2D eigenvalue weighted by Crippen LogP contribution is 2.28. The van der Waals surface area contributed by atoms with E-state index in [9.17, 15) is 4.79 Å². The molecule has 0 unspecified atom stereocenters. The summed E-state index contributed by atoms with van der Waals surface area (Å²) in [7, 11) is 3.21. The van der Waals surface area contributed by atoms with Crippen molar-refractivity contribution in [3.05, 3.63) is 52.6 Å². The lowest BCUT2D eigenvalue weighted by atomic mass is 10.1. The van der Waals surface area contributed by atoms with E-state index < -0.39 is 0 Å². The molecule has 0 bridgehead atoms. The molecule has 0 heterocycles. The van der Waals surface area contributed by atoms with Crippen LogP contribution in [0.25, 0.3) is 0 Å². The highest BCUT2D eigenvalue weighted by molar-refractivity contribution is 5.76. The molecule has 0 radical (unpaired) electrons. The molecule has 1 amide bonds. The summed E-state index contributed by atoms with van der Waals surface area (Å²) in [6.45, 7) is 7.09. The summed E-state index contributed by atoms with van der Waals surface area (Å²) in [5.74, 6) is 2.28. The summed E-state index contributed by atoms with van der Waals surface area (Å²) in [5.41, 5.74) is 4.49. The van der Waals surface area contributed by atoms with E-state index in [-0.39, 0.29) is 5.91 Å². The van der Waals surface area contributed by atoms with Crippen molar-refractivity contribution >= 4 is 5.91 Å². The van der Waals surface area contributed by atoms with Crippen molar-refractivity contribution < 1.29 is 19.0 Å². The molecule has 5 heteroatoms. The largest absolute Gasteiger partial charge is 0.493 e. The lowest BCUT2D eigenvalue weighted by molar-refractivity contribution is -0.121. The molecule has 2 aromatic carbocycles. The van der Waals surface area contributed by atoms with Gasteiger partial charge in [0.15, 0.2) is 11.5 Å². The smallest absolute Gasteiger partial charge is 0.220 e. The van der Waals surface area contributed by atoms with Gasteiger partial charge in [0.2, 0.25) is 5.91 Å². The average molecular weight is 371 g/mol. The molecule has 0 fully saturated rings. The van der Waals surface area contributed by atoms with Crippen LogP contribution in [0, 0.1) is 20.8 Å². The summed E-state index contributed by atoms with van der Waals surface area (Å²) in [6, 6.07) is 9.85. The molecule has 0 saturated heterocycles. The first-order valence-corrected chi connectivity index (χ1v) is 9.13. The summed E-state index contributed by atoms with van der Waals surface area (Å²) >= 11 is 0. The first-order chi connectivity index (χ1) is 13.0. The maximum absolute atomic E-state index is 12.1. The quantitative estimate of drug-likeness (QED) is 0.682. The van der Waals surface area contributed by atoms with Crippen molar-refractivity contribution in [2.75, 3.05) is 27.4 Å². The van der Waals surface area contributed by atoms with E-state index in [4.69, 9.17) is 14.2 Å². The number of hydrogen-bond acceptors (Lipinski definition) is 4. The molecule has 27 heavy (non-hydrogen) atoms. The highest BCUT2D eigenvalue weighted by Gasteiger charge is 2.08. The van der Waals surface area contributed by atoms with Gasteiger partial charge < -0.3 is 19.5 Å². The van der Waals surface area contributed by atoms with Crippen molar-refractivity contribution in [2.45, 2.75) is 33.6 Å². The summed E-state index contributed by atoms with van der Waals surface area (Å²) in [6.07, 6.45) is 1.06. The van der Waals surface area contributed by atoms with Crippen LogP contribution in [0.15, 0.2) is 30.3 Å². The minimum Gasteiger partial charge on any atom is -0.493 e. The Bertz CT molecular complexity index is 786. The van der Waals surface area contributed by atoms with Crippen LogP contribution >= 0.6 is 0 Å². The second-order valence-corrected chi connectivity index (χ2v) is 6.54. The van der Waals surface area contributed by atoms with Crippen LogP contribution in [-0.2, 0) is 11.2 Å². The van der Waals surface area contributed by atoms with E-state index >= 15 is 0 Å².